The van der Waals surface area contributed by atoms with E-state index in [1.54, 1.807) is 0 Å². The van der Waals surface area contributed by atoms with Gasteiger partial charge in [0.15, 0.2) is 0 Å². The van der Waals surface area contributed by atoms with Gasteiger partial charge in [-0.2, -0.15) is 0 Å². The van der Waals surface area contributed by atoms with E-state index in [9.17, 15) is 9.59 Å². The standard InChI is InChI=1S/C20H24N4O3/c21-23-19(25)12-18-20(26)22-10-11-24(18)13-15-6-8-17(9-7-15)27-14-16-4-2-1-3-5-16/h1-9,18H,10-14,21H2,(H,22,26)(H,23,25). The van der Waals surface area contributed by atoms with Crippen LogP contribution in [0.5, 0.6) is 5.75 Å². The molecule has 3 rings (SSSR count). The molecule has 27 heavy (non-hydrogen) atoms. The highest BCUT2D eigenvalue weighted by molar-refractivity contribution is 5.88. The van der Waals surface area contributed by atoms with Crippen molar-refractivity contribution in [1.29, 1.82) is 0 Å². The smallest absolute Gasteiger partial charge is 0.237 e. The third-order valence-electron chi connectivity index (χ3n) is 4.54. The number of carbonyl (C=O) groups excluding carboxylic acids is 2. The number of hydrazine groups is 1. The Morgan fingerprint density at radius 3 is 2.59 bits per heavy atom. The van der Waals surface area contributed by atoms with Crippen LogP contribution in [0.1, 0.15) is 17.5 Å². The molecule has 142 valence electrons. The summed E-state index contributed by atoms with van der Waals surface area (Å²) in [5.74, 6) is 5.45. The summed E-state index contributed by atoms with van der Waals surface area (Å²) in [6, 6.07) is 17.3. The minimum atomic E-state index is -0.517. The van der Waals surface area contributed by atoms with Crippen LogP contribution in [0, 0.1) is 0 Å². The maximum absolute atomic E-state index is 12.1. The highest BCUT2D eigenvalue weighted by Crippen LogP contribution is 2.18. The van der Waals surface area contributed by atoms with Gasteiger partial charge in [-0.15, -0.1) is 0 Å². The molecule has 1 atom stereocenters. The van der Waals surface area contributed by atoms with Gasteiger partial charge in [0.05, 0.1) is 12.5 Å². The van der Waals surface area contributed by atoms with Crippen LogP contribution in [0.2, 0.25) is 0 Å². The number of rotatable bonds is 7. The summed E-state index contributed by atoms with van der Waals surface area (Å²) in [5, 5.41) is 2.80. The zero-order valence-electron chi connectivity index (χ0n) is 15.1. The molecular weight excluding hydrogens is 344 g/mol. The number of hydrogen-bond acceptors (Lipinski definition) is 5. The van der Waals surface area contributed by atoms with Crippen molar-refractivity contribution in [2.45, 2.75) is 25.6 Å². The van der Waals surface area contributed by atoms with E-state index in [0.29, 0.717) is 26.2 Å². The molecule has 0 aliphatic carbocycles. The van der Waals surface area contributed by atoms with E-state index in [4.69, 9.17) is 10.6 Å². The number of ether oxygens (including phenoxy) is 1. The molecule has 1 heterocycles. The summed E-state index contributed by atoms with van der Waals surface area (Å²) in [4.78, 5) is 25.7. The van der Waals surface area contributed by atoms with Gasteiger partial charge >= 0.3 is 0 Å². The Balaban J connectivity index is 1.59. The molecule has 1 aliphatic heterocycles. The number of nitrogens with zero attached hydrogens (tertiary/aromatic N) is 1. The molecule has 0 spiro atoms. The van der Waals surface area contributed by atoms with E-state index in [1.807, 2.05) is 59.5 Å². The average molecular weight is 368 g/mol. The fourth-order valence-corrected chi connectivity index (χ4v) is 3.07. The summed E-state index contributed by atoms with van der Waals surface area (Å²) in [6.07, 6.45) is 0.0423. The molecule has 0 bridgehead atoms. The fraction of sp³-hybridized carbons (Fsp3) is 0.300. The Morgan fingerprint density at radius 2 is 1.89 bits per heavy atom. The van der Waals surface area contributed by atoms with Crippen LogP contribution in [0.15, 0.2) is 54.6 Å². The van der Waals surface area contributed by atoms with Gasteiger partial charge in [0, 0.05) is 19.6 Å². The highest BCUT2D eigenvalue weighted by atomic mass is 16.5. The molecule has 2 amide bonds. The first kappa shape index (κ1) is 18.9. The Kier molecular flexibility index (Phi) is 6.40. The molecule has 1 aliphatic rings. The van der Waals surface area contributed by atoms with Crippen molar-refractivity contribution in [2.75, 3.05) is 13.1 Å². The fourth-order valence-electron chi connectivity index (χ4n) is 3.07. The van der Waals surface area contributed by atoms with Gasteiger partial charge in [-0.05, 0) is 23.3 Å². The minimum Gasteiger partial charge on any atom is -0.489 e. The van der Waals surface area contributed by atoms with Gasteiger partial charge in [0.2, 0.25) is 11.8 Å². The SMILES string of the molecule is NNC(=O)CC1C(=O)NCCN1Cc1ccc(OCc2ccccc2)cc1. The Bertz CT molecular complexity index is 765. The molecule has 4 N–H and O–H groups in total. The third-order valence-corrected chi connectivity index (χ3v) is 4.54. The second kappa shape index (κ2) is 9.16. The van der Waals surface area contributed by atoms with Crippen LogP contribution in [-0.2, 0) is 22.7 Å². The largest absolute Gasteiger partial charge is 0.489 e. The van der Waals surface area contributed by atoms with Crippen LogP contribution in [0.25, 0.3) is 0 Å². The van der Waals surface area contributed by atoms with E-state index < -0.39 is 6.04 Å². The topological polar surface area (TPSA) is 96.7 Å². The van der Waals surface area contributed by atoms with Crippen molar-refractivity contribution < 1.29 is 14.3 Å². The van der Waals surface area contributed by atoms with Crippen LogP contribution in [-0.4, -0.2) is 35.8 Å². The molecule has 2 aromatic rings. The Labute approximate surface area is 158 Å². The number of nitrogens with one attached hydrogen (secondary N) is 2. The molecular formula is C20H24N4O3. The number of nitrogens with two attached hydrogens (primary N) is 1. The van der Waals surface area contributed by atoms with Gasteiger partial charge in [-0.1, -0.05) is 42.5 Å². The first-order valence-corrected chi connectivity index (χ1v) is 8.92. The van der Waals surface area contributed by atoms with E-state index in [-0.39, 0.29) is 18.2 Å². The average Bonchev–Trinajstić information content (AvgIpc) is 2.70. The van der Waals surface area contributed by atoms with Crippen LogP contribution >= 0.6 is 0 Å². The molecule has 7 heteroatoms. The maximum Gasteiger partial charge on any atom is 0.237 e. The second-order valence-corrected chi connectivity index (χ2v) is 6.47. The summed E-state index contributed by atoms with van der Waals surface area (Å²) in [6.45, 7) is 2.34. The lowest BCUT2D eigenvalue weighted by Gasteiger charge is -2.34. The molecule has 1 unspecified atom stereocenters. The summed E-state index contributed by atoms with van der Waals surface area (Å²) >= 11 is 0. The minimum absolute atomic E-state index is 0.0423. The van der Waals surface area contributed by atoms with Crippen molar-refractivity contribution in [3.8, 4) is 5.75 Å². The van der Waals surface area contributed by atoms with Crippen molar-refractivity contribution in [3.05, 3.63) is 65.7 Å². The Hall–Kier alpha value is -2.90. The predicted octanol–water partition coefficient (Wildman–Crippen LogP) is 0.946. The summed E-state index contributed by atoms with van der Waals surface area (Å²) in [7, 11) is 0. The number of benzene rings is 2. The highest BCUT2D eigenvalue weighted by Gasteiger charge is 2.31. The van der Waals surface area contributed by atoms with Crippen molar-refractivity contribution in [1.82, 2.24) is 15.6 Å². The summed E-state index contributed by atoms with van der Waals surface area (Å²) in [5.41, 5.74) is 4.25. The molecule has 2 aromatic carbocycles. The van der Waals surface area contributed by atoms with Gasteiger partial charge in [0.25, 0.3) is 0 Å². The van der Waals surface area contributed by atoms with Crippen LogP contribution in [0.3, 0.4) is 0 Å². The number of amides is 2. The lowest BCUT2D eigenvalue weighted by molar-refractivity contribution is -0.134. The zero-order valence-corrected chi connectivity index (χ0v) is 15.1. The van der Waals surface area contributed by atoms with Gasteiger partial charge in [-0.3, -0.25) is 19.9 Å². The molecule has 1 saturated heterocycles. The molecule has 0 saturated carbocycles. The monoisotopic (exact) mass is 368 g/mol. The first-order chi connectivity index (χ1) is 13.2. The predicted molar refractivity (Wildman–Crippen MR) is 101 cm³/mol. The van der Waals surface area contributed by atoms with Gasteiger partial charge in [0.1, 0.15) is 12.4 Å². The molecule has 1 fully saturated rings. The first-order valence-electron chi connectivity index (χ1n) is 8.92. The Morgan fingerprint density at radius 1 is 1.15 bits per heavy atom. The van der Waals surface area contributed by atoms with Crippen molar-refractivity contribution in [3.63, 3.8) is 0 Å². The zero-order chi connectivity index (χ0) is 19.1. The maximum atomic E-state index is 12.1. The van der Waals surface area contributed by atoms with Crippen molar-refractivity contribution >= 4 is 11.8 Å². The summed E-state index contributed by atoms with van der Waals surface area (Å²) < 4.78 is 5.80. The third kappa shape index (κ3) is 5.29. The lowest BCUT2D eigenvalue weighted by atomic mass is 10.1. The van der Waals surface area contributed by atoms with E-state index in [2.05, 4.69) is 10.7 Å². The van der Waals surface area contributed by atoms with Crippen LogP contribution < -0.4 is 21.3 Å². The van der Waals surface area contributed by atoms with E-state index in [1.165, 1.54) is 0 Å². The van der Waals surface area contributed by atoms with Gasteiger partial charge in [-0.25, -0.2) is 5.84 Å². The number of carbonyl (C=O) groups is 2. The van der Waals surface area contributed by atoms with Crippen LogP contribution in [0.4, 0.5) is 0 Å². The molecule has 0 radical (unpaired) electrons. The number of piperazine rings is 1. The molecule has 7 nitrogen and oxygen atoms in total. The normalized spacial score (nSPS) is 17.2. The molecule has 0 aromatic heterocycles. The van der Waals surface area contributed by atoms with E-state index >= 15 is 0 Å². The van der Waals surface area contributed by atoms with Gasteiger partial charge < -0.3 is 10.1 Å². The quantitative estimate of drug-likeness (QED) is 0.384. The lowest BCUT2D eigenvalue weighted by Crippen LogP contribution is -2.56. The second-order valence-electron chi connectivity index (χ2n) is 6.47. The van der Waals surface area contributed by atoms with E-state index in [0.717, 1.165) is 16.9 Å². The van der Waals surface area contributed by atoms with Crippen molar-refractivity contribution in [2.24, 2.45) is 5.84 Å². The number of hydrogen-bond donors (Lipinski definition) is 3.